The Morgan fingerprint density at radius 3 is 1.44 bits per heavy atom. The van der Waals surface area contributed by atoms with Crippen LogP contribution in [0.1, 0.15) is 20.7 Å². The van der Waals surface area contributed by atoms with Crippen LogP contribution < -0.4 is 0 Å². The van der Waals surface area contributed by atoms with Crippen LogP contribution in [0.5, 0.6) is 0 Å². The first-order valence-corrected chi connectivity index (χ1v) is 15.3. The maximum atomic E-state index is 11.1. The van der Waals surface area contributed by atoms with Crippen molar-refractivity contribution in [2.75, 3.05) is 0 Å². The van der Waals surface area contributed by atoms with Gasteiger partial charge in [-0.05, 0) is 72.8 Å². The van der Waals surface area contributed by atoms with Gasteiger partial charge in [-0.3, -0.25) is 18.8 Å². The maximum absolute atomic E-state index is 11.1. The molecule has 240 valence electrons. The van der Waals surface area contributed by atoms with Gasteiger partial charge in [-0.25, -0.2) is 29.5 Å². The summed E-state index contributed by atoms with van der Waals surface area (Å²) in [4.78, 5) is 55.0. The number of hydrogen-bond acceptors (Lipinski definition) is 8. The Morgan fingerprint density at radius 2 is 1.00 bits per heavy atom. The van der Waals surface area contributed by atoms with Crippen LogP contribution in [0.4, 0.5) is 0 Å². The van der Waals surface area contributed by atoms with Crippen LogP contribution in [0.15, 0.2) is 110 Å². The quantitative estimate of drug-likeness (QED) is 0.168. The molecular weight excluding hydrogens is 636 g/mol. The summed E-state index contributed by atoms with van der Waals surface area (Å²) in [7, 11) is 0. The summed E-state index contributed by atoms with van der Waals surface area (Å²) >= 11 is 0. The zero-order chi connectivity index (χ0) is 33.9. The first-order valence-electron chi connectivity index (χ1n) is 15.3. The van der Waals surface area contributed by atoms with E-state index in [0.717, 1.165) is 55.5 Å². The summed E-state index contributed by atoms with van der Waals surface area (Å²) in [5.74, 6) is -0.575. The Hall–Kier alpha value is -7.48. The number of nitrogens with one attached hydrogen (secondary N) is 2. The number of hydrogen-bond donors (Lipinski definition) is 4. The summed E-state index contributed by atoms with van der Waals surface area (Å²) in [5, 5.41) is 18.2. The lowest BCUT2D eigenvalue weighted by Gasteiger charge is -2.03. The van der Waals surface area contributed by atoms with Gasteiger partial charge >= 0.3 is 11.9 Å². The van der Waals surface area contributed by atoms with E-state index in [1.54, 1.807) is 61.2 Å². The Morgan fingerprint density at radius 1 is 0.540 bits per heavy atom. The fraction of sp³-hybridized carbons (Fsp3) is 0. The smallest absolute Gasteiger partial charge is 0.335 e. The van der Waals surface area contributed by atoms with E-state index in [2.05, 4.69) is 39.9 Å². The van der Waals surface area contributed by atoms with Gasteiger partial charge in [-0.15, -0.1) is 0 Å². The van der Waals surface area contributed by atoms with E-state index in [9.17, 15) is 9.59 Å². The van der Waals surface area contributed by atoms with Gasteiger partial charge in [-0.2, -0.15) is 0 Å². The number of H-pyrrole nitrogens is 2. The van der Waals surface area contributed by atoms with Crippen molar-refractivity contribution in [3.05, 3.63) is 121 Å². The number of fused-ring (bicyclic) bond motifs is 8. The van der Waals surface area contributed by atoms with E-state index in [4.69, 9.17) is 10.2 Å². The number of carboxylic acid groups (broad SMARTS) is 2. The summed E-state index contributed by atoms with van der Waals surface area (Å²) in [6, 6.07) is 21.4. The Bertz CT molecular complexity index is 2770. The fourth-order valence-electron chi connectivity index (χ4n) is 6.00. The summed E-state index contributed by atoms with van der Waals surface area (Å²) in [6.07, 6.45) is 10.7. The third-order valence-electron chi connectivity index (χ3n) is 8.45. The predicted octanol–water partition coefficient (Wildman–Crippen LogP) is 6.25. The highest BCUT2D eigenvalue weighted by atomic mass is 16.4. The highest BCUT2D eigenvalue weighted by molar-refractivity contribution is 5.94. The Labute approximate surface area is 279 Å². The van der Waals surface area contributed by atoms with Crippen molar-refractivity contribution in [3.63, 3.8) is 0 Å². The van der Waals surface area contributed by atoms with Crippen LogP contribution in [0.25, 0.3) is 78.2 Å². The van der Waals surface area contributed by atoms with Crippen LogP contribution in [-0.2, 0) is 0 Å². The number of aromatic amines is 2. The molecule has 4 aromatic carbocycles. The molecule has 14 heteroatoms. The number of aromatic carboxylic acids is 2. The van der Waals surface area contributed by atoms with Gasteiger partial charge in [0.15, 0.2) is 11.3 Å². The minimum atomic E-state index is -0.961. The molecule has 0 aliphatic rings. The van der Waals surface area contributed by atoms with Gasteiger partial charge in [0.2, 0.25) is 0 Å². The van der Waals surface area contributed by atoms with Crippen molar-refractivity contribution < 1.29 is 19.8 Å². The van der Waals surface area contributed by atoms with Crippen LogP contribution in [0.3, 0.4) is 0 Å². The highest BCUT2D eigenvalue weighted by Gasteiger charge is 2.12. The molecule has 0 aliphatic carbocycles. The second kappa shape index (κ2) is 11.1. The van der Waals surface area contributed by atoms with Crippen molar-refractivity contribution >= 4 is 67.4 Å². The lowest BCUT2D eigenvalue weighted by Crippen LogP contribution is -1.94. The zero-order valence-corrected chi connectivity index (χ0v) is 25.7. The van der Waals surface area contributed by atoms with Crippen LogP contribution in [0, 0.1) is 0 Å². The second-order valence-corrected chi connectivity index (χ2v) is 11.5. The molecule has 0 radical (unpaired) electrons. The van der Waals surface area contributed by atoms with Gasteiger partial charge in [-0.1, -0.05) is 0 Å². The Balaban J connectivity index is 0.000000135. The van der Waals surface area contributed by atoms with Crippen molar-refractivity contribution in [2.24, 2.45) is 0 Å². The average Bonchev–Trinajstić information content (AvgIpc) is 3.96. The Kier molecular flexibility index (Phi) is 6.35. The monoisotopic (exact) mass is 658 g/mol. The van der Waals surface area contributed by atoms with Crippen molar-refractivity contribution in [3.8, 4) is 22.8 Å². The normalized spacial score (nSPS) is 11.5. The second-order valence-electron chi connectivity index (χ2n) is 11.5. The van der Waals surface area contributed by atoms with Gasteiger partial charge in [0.05, 0.1) is 67.7 Å². The fourth-order valence-corrected chi connectivity index (χ4v) is 6.00. The summed E-state index contributed by atoms with van der Waals surface area (Å²) in [6.45, 7) is 0. The number of carbonyl (C=O) groups is 2. The van der Waals surface area contributed by atoms with Crippen LogP contribution >= 0.6 is 0 Å². The average molecular weight is 659 g/mol. The number of rotatable bonds is 4. The standard InChI is InChI=1S/2C18H11N5O2/c2*24-18(25)11-1-3-12-13(8-11)22-17(21-12)10-2-4-15-14(7-10)20-9-16-19-5-6-23(15)16/h2*1-9H,(H,21,22)(H,24,25). The van der Waals surface area contributed by atoms with Gasteiger partial charge in [0.1, 0.15) is 11.6 Å². The predicted molar refractivity (Wildman–Crippen MR) is 185 cm³/mol. The largest absolute Gasteiger partial charge is 0.478 e. The highest BCUT2D eigenvalue weighted by Crippen LogP contribution is 2.26. The molecule has 0 unspecified atom stereocenters. The van der Waals surface area contributed by atoms with Gasteiger partial charge < -0.3 is 20.2 Å². The number of carboxylic acids is 2. The van der Waals surface area contributed by atoms with Crippen LogP contribution in [-0.4, -0.2) is 70.8 Å². The van der Waals surface area contributed by atoms with E-state index < -0.39 is 11.9 Å². The molecule has 0 saturated heterocycles. The SMILES string of the molecule is O=C(O)c1ccc2nc(-c3ccc4c(c3)ncc3nccn34)[nH]c2c1.O=C(O)c1ccc2nc(-c3ccc4c(c3)ncc3nccn34)[nH]c2c1. The molecule has 0 spiro atoms. The minimum Gasteiger partial charge on any atom is -0.478 e. The minimum absolute atomic E-state index is 0.227. The van der Waals surface area contributed by atoms with E-state index in [1.807, 2.05) is 57.6 Å². The number of imidazole rings is 4. The molecule has 0 bridgehead atoms. The van der Waals surface area contributed by atoms with Crippen molar-refractivity contribution in [1.82, 2.24) is 48.7 Å². The van der Waals surface area contributed by atoms with Crippen molar-refractivity contribution in [2.45, 2.75) is 0 Å². The molecule has 10 rings (SSSR count). The lowest BCUT2D eigenvalue weighted by molar-refractivity contribution is 0.0686. The molecule has 4 N–H and O–H groups in total. The molecule has 0 atom stereocenters. The third-order valence-corrected chi connectivity index (χ3v) is 8.45. The summed E-state index contributed by atoms with van der Waals surface area (Å²) in [5.41, 5.74) is 10.2. The number of nitrogens with zero attached hydrogens (tertiary/aromatic N) is 8. The molecule has 50 heavy (non-hydrogen) atoms. The molecule has 0 saturated carbocycles. The summed E-state index contributed by atoms with van der Waals surface area (Å²) < 4.78 is 3.95. The van der Waals surface area contributed by atoms with E-state index in [1.165, 1.54) is 0 Å². The number of benzene rings is 4. The molecule has 6 aromatic heterocycles. The van der Waals surface area contributed by atoms with E-state index in [0.29, 0.717) is 22.7 Å². The van der Waals surface area contributed by atoms with Gasteiger partial charge in [0.25, 0.3) is 0 Å². The zero-order valence-electron chi connectivity index (χ0n) is 25.7. The molecule has 6 heterocycles. The molecule has 0 fully saturated rings. The third kappa shape index (κ3) is 4.83. The first kappa shape index (κ1) is 28.7. The van der Waals surface area contributed by atoms with E-state index in [-0.39, 0.29) is 11.1 Å². The molecule has 10 aromatic rings. The lowest BCUT2D eigenvalue weighted by atomic mass is 10.2. The van der Waals surface area contributed by atoms with Crippen molar-refractivity contribution in [1.29, 1.82) is 0 Å². The van der Waals surface area contributed by atoms with E-state index >= 15 is 0 Å². The maximum Gasteiger partial charge on any atom is 0.335 e. The molecular formula is C36H22N10O4. The molecule has 14 nitrogen and oxygen atoms in total. The molecule has 0 amide bonds. The molecule has 0 aliphatic heterocycles. The number of aromatic nitrogens is 10. The van der Waals surface area contributed by atoms with Gasteiger partial charge in [0, 0.05) is 35.9 Å². The topological polar surface area (TPSA) is 192 Å². The van der Waals surface area contributed by atoms with Crippen LogP contribution in [0.2, 0.25) is 0 Å². The first-order chi connectivity index (χ1) is 24.4.